The number of nitrogens with zero attached hydrogens (tertiary/aromatic N) is 2. The van der Waals surface area contributed by atoms with E-state index in [1.54, 1.807) is 7.11 Å². The van der Waals surface area contributed by atoms with Gasteiger partial charge in [0.05, 0.1) is 12.6 Å². The number of para-hydroxylation sites is 1. The molecule has 1 aromatic carbocycles. The fourth-order valence-corrected chi connectivity index (χ4v) is 3.39. The van der Waals surface area contributed by atoms with Gasteiger partial charge in [0.1, 0.15) is 11.3 Å². The highest BCUT2D eigenvalue weighted by atomic mass is 16.5. The van der Waals surface area contributed by atoms with Crippen LogP contribution in [0.25, 0.3) is 11.0 Å². The van der Waals surface area contributed by atoms with Gasteiger partial charge in [-0.05, 0) is 30.4 Å². The zero-order chi connectivity index (χ0) is 13.6. The average Bonchev–Trinajstić information content (AvgIpc) is 2.87. The topological polar surface area (TPSA) is 53.1 Å². The lowest BCUT2D eigenvalue weighted by Crippen LogP contribution is -2.22. The maximum absolute atomic E-state index is 6.17. The molecule has 2 N–H and O–H groups in total. The minimum atomic E-state index is 0.269. The second-order valence-corrected chi connectivity index (χ2v) is 6.06. The van der Waals surface area contributed by atoms with Crippen LogP contribution in [0.15, 0.2) is 18.2 Å². The lowest BCUT2D eigenvalue weighted by atomic mass is 9.87. The van der Waals surface area contributed by atoms with Crippen molar-refractivity contribution in [2.24, 2.45) is 5.41 Å². The van der Waals surface area contributed by atoms with Crippen LogP contribution >= 0.6 is 0 Å². The molecule has 1 aromatic heterocycles. The van der Waals surface area contributed by atoms with Gasteiger partial charge < -0.3 is 15.0 Å². The van der Waals surface area contributed by atoms with E-state index >= 15 is 0 Å². The van der Waals surface area contributed by atoms with Crippen LogP contribution in [0, 0.1) is 5.41 Å². The Hall–Kier alpha value is -1.71. The Balaban J connectivity index is 2.22. The lowest BCUT2D eigenvalue weighted by Gasteiger charge is -2.29. The van der Waals surface area contributed by atoms with Gasteiger partial charge in [-0.25, -0.2) is 4.98 Å². The van der Waals surface area contributed by atoms with E-state index in [2.05, 4.69) is 29.5 Å². The molecule has 0 aliphatic heterocycles. The van der Waals surface area contributed by atoms with E-state index < -0.39 is 0 Å². The number of aromatic nitrogens is 2. The van der Waals surface area contributed by atoms with E-state index in [-0.39, 0.29) is 5.41 Å². The Labute approximate surface area is 113 Å². The number of imidazole rings is 1. The van der Waals surface area contributed by atoms with E-state index in [0.29, 0.717) is 12.0 Å². The molecule has 1 heterocycles. The zero-order valence-corrected chi connectivity index (χ0v) is 11.8. The van der Waals surface area contributed by atoms with Crippen molar-refractivity contribution in [3.8, 4) is 5.75 Å². The van der Waals surface area contributed by atoms with Gasteiger partial charge in [0.2, 0.25) is 5.95 Å². The van der Waals surface area contributed by atoms with Crippen molar-refractivity contribution in [3.63, 3.8) is 0 Å². The largest absolute Gasteiger partial charge is 0.494 e. The molecule has 0 bridgehead atoms. The predicted octanol–water partition coefficient (Wildman–Crippen LogP) is 3.38. The number of methoxy groups -OCH3 is 1. The summed E-state index contributed by atoms with van der Waals surface area (Å²) in [5.41, 5.74) is 8.39. The molecular formula is C15H21N3O. The fourth-order valence-electron chi connectivity index (χ4n) is 3.39. The Morgan fingerprint density at radius 3 is 2.84 bits per heavy atom. The van der Waals surface area contributed by atoms with Crippen LogP contribution in [-0.2, 0) is 0 Å². The Morgan fingerprint density at radius 1 is 1.42 bits per heavy atom. The van der Waals surface area contributed by atoms with Crippen LogP contribution in [0.4, 0.5) is 5.95 Å². The molecule has 1 saturated carbocycles. The second-order valence-electron chi connectivity index (χ2n) is 6.06. The van der Waals surface area contributed by atoms with Gasteiger partial charge in [0.25, 0.3) is 0 Å². The summed E-state index contributed by atoms with van der Waals surface area (Å²) in [7, 11) is 1.67. The van der Waals surface area contributed by atoms with Crippen molar-refractivity contribution in [2.45, 2.75) is 39.2 Å². The van der Waals surface area contributed by atoms with Gasteiger partial charge in [-0.1, -0.05) is 26.3 Å². The van der Waals surface area contributed by atoms with Crippen LogP contribution in [0.5, 0.6) is 5.75 Å². The first-order valence-electron chi connectivity index (χ1n) is 6.85. The van der Waals surface area contributed by atoms with Gasteiger partial charge in [0, 0.05) is 6.04 Å². The molecule has 3 rings (SSSR count). The molecule has 4 nitrogen and oxygen atoms in total. The summed E-state index contributed by atoms with van der Waals surface area (Å²) in [5.74, 6) is 1.39. The van der Waals surface area contributed by atoms with Gasteiger partial charge in [-0.3, -0.25) is 0 Å². The SMILES string of the molecule is COc1cccc2c1nc(N)n2C1CCCC1(C)C. The average molecular weight is 259 g/mol. The summed E-state index contributed by atoms with van der Waals surface area (Å²) in [4.78, 5) is 4.51. The number of hydrogen-bond acceptors (Lipinski definition) is 3. The van der Waals surface area contributed by atoms with Crippen LogP contribution in [0.1, 0.15) is 39.2 Å². The first-order valence-corrected chi connectivity index (χ1v) is 6.85. The van der Waals surface area contributed by atoms with Crippen molar-refractivity contribution in [1.29, 1.82) is 0 Å². The number of rotatable bonds is 2. The summed E-state index contributed by atoms with van der Waals surface area (Å²) in [6.45, 7) is 4.63. The summed E-state index contributed by atoms with van der Waals surface area (Å²) < 4.78 is 7.58. The quantitative estimate of drug-likeness (QED) is 0.899. The van der Waals surface area contributed by atoms with Crippen molar-refractivity contribution in [3.05, 3.63) is 18.2 Å². The normalized spacial score (nSPS) is 21.9. The van der Waals surface area contributed by atoms with Crippen LogP contribution in [0.2, 0.25) is 0 Å². The third-order valence-electron chi connectivity index (χ3n) is 4.44. The van der Waals surface area contributed by atoms with Crippen molar-refractivity contribution in [1.82, 2.24) is 9.55 Å². The van der Waals surface area contributed by atoms with Crippen molar-refractivity contribution in [2.75, 3.05) is 12.8 Å². The summed E-state index contributed by atoms with van der Waals surface area (Å²) in [5, 5.41) is 0. The molecule has 2 aromatic rings. The first-order chi connectivity index (χ1) is 9.04. The van der Waals surface area contributed by atoms with Gasteiger partial charge >= 0.3 is 0 Å². The highest BCUT2D eigenvalue weighted by molar-refractivity contribution is 5.84. The molecule has 1 unspecified atom stereocenters. The highest BCUT2D eigenvalue weighted by Gasteiger charge is 2.37. The van der Waals surface area contributed by atoms with E-state index in [0.717, 1.165) is 16.8 Å². The molecule has 0 amide bonds. The van der Waals surface area contributed by atoms with Crippen LogP contribution < -0.4 is 10.5 Å². The summed E-state index contributed by atoms with van der Waals surface area (Å²) in [6.07, 6.45) is 3.65. The molecule has 102 valence electrons. The number of hydrogen-bond donors (Lipinski definition) is 1. The standard InChI is InChI=1S/C15H21N3O/c1-15(2)9-5-8-12(15)18-10-6-4-7-11(19-3)13(10)17-14(18)16/h4,6-7,12H,5,8-9H2,1-3H3,(H2,16,17). The number of fused-ring (bicyclic) bond motifs is 1. The number of ether oxygens (including phenoxy) is 1. The first kappa shape index (κ1) is 12.3. The Morgan fingerprint density at radius 2 is 2.21 bits per heavy atom. The van der Waals surface area contributed by atoms with E-state index in [4.69, 9.17) is 10.5 Å². The van der Waals surface area contributed by atoms with Gasteiger partial charge in [-0.15, -0.1) is 0 Å². The number of nitrogen functional groups attached to an aromatic ring is 1. The molecule has 0 spiro atoms. The monoisotopic (exact) mass is 259 g/mol. The van der Waals surface area contributed by atoms with Gasteiger partial charge in [-0.2, -0.15) is 0 Å². The fraction of sp³-hybridized carbons (Fsp3) is 0.533. The molecule has 4 heteroatoms. The minimum Gasteiger partial charge on any atom is -0.494 e. The third-order valence-corrected chi connectivity index (χ3v) is 4.44. The smallest absolute Gasteiger partial charge is 0.201 e. The molecule has 0 radical (unpaired) electrons. The van der Waals surface area contributed by atoms with E-state index in [9.17, 15) is 0 Å². The predicted molar refractivity (Wildman–Crippen MR) is 77.4 cm³/mol. The minimum absolute atomic E-state index is 0.269. The molecule has 0 saturated heterocycles. The van der Waals surface area contributed by atoms with E-state index in [1.807, 2.05) is 12.1 Å². The Kier molecular flexibility index (Phi) is 2.69. The third kappa shape index (κ3) is 1.78. The summed E-state index contributed by atoms with van der Waals surface area (Å²) in [6, 6.07) is 6.43. The molecule has 1 atom stereocenters. The second kappa shape index (κ2) is 4.15. The Bertz CT molecular complexity index is 615. The van der Waals surface area contributed by atoms with Crippen molar-refractivity contribution < 1.29 is 4.74 Å². The van der Waals surface area contributed by atoms with Crippen LogP contribution in [-0.4, -0.2) is 16.7 Å². The number of benzene rings is 1. The highest BCUT2D eigenvalue weighted by Crippen LogP contribution is 2.48. The molecule has 19 heavy (non-hydrogen) atoms. The van der Waals surface area contributed by atoms with E-state index in [1.165, 1.54) is 19.3 Å². The number of nitrogens with two attached hydrogens (primary N) is 1. The summed E-state index contributed by atoms with van der Waals surface area (Å²) >= 11 is 0. The zero-order valence-electron chi connectivity index (χ0n) is 11.8. The number of anilines is 1. The molecule has 1 aliphatic rings. The molecule has 1 aliphatic carbocycles. The van der Waals surface area contributed by atoms with Crippen molar-refractivity contribution >= 4 is 17.0 Å². The molecular weight excluding hydrogens is 238 g/mol. The maximum Gasteiger partial charge on any atom is 0.201 e. The van der Waals surface area contributed by atoms with Crippen LogP contribution in [0.3, 0.4) is 0 Å². The molecule has 1 fully saturated rings. The maximum atomic E-state index is 6.17. The van der Waals surface area contributed by atoms with Gasteiger partial charge in [0.15, 0.2) is 0 Å². The lowest BCUT2D eigenvalue weighted by molar-refractivity contribution is 0.268.